The van der Waals surface area contributed by atoms with Crippen LogP contribution in [0.4, 0.5) is 0 Å². The number of phenols is 1. The number of hydrogen-bond acceptors (Lipinski definition) is 2. The number of Topliss-reactive ketones (excluding diaryl/α,β-unsaturated/α-hetero) is 1. The number of carbonyl (C=O) groups is 1. The van der Waals surface area contributed by atoms with Gasteiger partial charge in [-0.15, -0.1) is 0 Å². The van der Waals surface area contributed by atoms with Gasteiger partial charge in [0.15, 0.2) is 5.78 Å². The van der Waals surface area contributed by atoms with E-state index >= 15 is 0 Å². The molecular weight excluding hydrogens is 564 g/mol. The topological polar surface area (TPSA) is 47.2 Å². The SMILES string of the molecule is Cc1ccc(-n2c(-c3ccccc3)cc3c2[C@@H](c2c(-c4ccccc4)n(-c4ccc(C)cc4)c4cccc(O)c24)CCC3=O)cc1. The van der Waals surface area contributed by atoms with Gasteiger partial charge in [0.1, 0.15) is 5.75 Å². The van der Waals surface area contributed by atoms with Crippen molar-refractivity contribution in [2.24, 2.45) is 0 Å². The quantitative estimate of drug-likeness (QED) is 0.214. The molecule has 7 aromatic rings. The number of hydrogen-bond donors (Lipinski definition) is 1. The summed E-state index contributed by atoms with van der Waals surface area (Å²) in [7, 11) is 0. The molecule has 1 aliphatic carbocycles. The Hall–Kier alpha value is -5.61. The lowest BCUT2D eigenvalue weighted by Gasteiger charge is -2.27. The molecule has 0 saturated heterocycles. The van der Waals surface area contributed by atoms with E-state index in [2.05, 4.69) is 120 Å². The summed E-state index contributed by atoms with van der Waals surface area (Å²) in [5.41, 5.74) is 12.2. The van der Waals surface area contributed by atoms with Gasteiger partial charge in [-0.2, -0.15) is 0 Å². The molecule has 4 heteroatoms. The van der Waals surface area contributed by atoms with Gasteiger partial charge in [-0.1, -0.05) is 102 Å². The molecule has 2 heterocycles. The monoisotopic (exact) mass is 598 g/mol. The van der Waals surface area contributed by atoms with Crippen LogP contribution in [0.2, 0.25) is 0 Å². The number of nitrogens with zero attached hydrogens (tertiary/aromatic N) is 2. The first-order valence-electron chi connectivity index (χ1n) is 15.9. The molecule has 0 radical (unpaired) electrons. The molecule has 0 unspecified atom stereocenters. The van der Waals surface area contributed by atoms with Crippen LogP contribution in [0, 0.1) is 13.8 Å². The van der Waals surface area contributed by atoms with E-state index in [1.54, 1.807) is 6.07 Å². The molecule has 1 aliphatic rings. The van der Waals surface area contributed by atoms with Crippen LogP contribution in [0.3, 0.4) is 0 Å². The zero-order chi connectivity index (χ0) is 31.4. The van der Waals surface area contributed by atoms with Gasteiger partial charge >= 0.3 is 0 Å². The molecule has 0 saturated carbocycles. The summed E-state index contributed by atoms with van der Waals surface area (Å²) in [6, 6.07) is 45.7. The van der Waals surface area contributed by atoms with Crippen molar-refractivity contribution in [2.45, 2.75) is 32.6 Å². The fourth-order valence-electron chi connectivity index (χ4n) is 7.25. The average molecular weight is 599 g/mol. The Morgan fingerprint density at radius 2 is 1.24 bits per heavy atom. The second-order valence-electron chi connectivity index (χ2n) is 12.4. The zero-order valence-corrected chi connectivity index (χ0v) is 25.9. The molecular formula is C42H34N2O2. The molecule has 0 fully saturated rings. The van der Waals surface area contributed by atoms with Gasteiger partial charge in [0, 0.05) is 40.4 Å². The molecule has 4 nitrogen and oxygen atoms in total. The van der Waals surface area contributed by atoms with E-state index in [-0.39, 0.29) is 17.5 Å². The molecule has 0 spiro atoms. The minimum atomic E-state index is -0.163. The smallest absolute Gasteiger partial charge is 0.164 e. The Kier molecular flexibility index (Phi) is 6.72. The normalized spacial score (nSPS) is 14.5. The van der Waals surface area contributed by atoms with Gasteiger partial charge < -0.3 is 14.2 Å². The van der Waals surface area contributed by atoms with Crippen molar-refractivity contribution in [2.75, 3.05) is 0 Å². The second-order valence-corrected chi connectivity index (χ2v) is 12.4. The van der Waals surface area contributed by atoms with Crippen molar-refractivity contribution in [1.29, 1.82) is 0 Å². The minimum Gasteiger partial charge on any atom is -0.507 e. The molecule has 5 aromatic carbocycles. The molecule has 2 aromatic heterocycles. The maximum atomic E-state index is 13.8. The van der Waals surface area contributed by atoms with E-state index in [1.165, 1.54) is 11.1 Å². The Balaban J connectivity index is 1.51. The fourth-order valence-corrected chi connectivity index (χ4v) is 7.25. The third kappa shape index (κ3) is 4.49. The highest BCUT2D eigenvalue weighted by atomic mass is 16.3. The van der Waals surface area contributed by atoms with Gasteiger partial charge in [-0.05, 0) is 79.4 Å². The predicted molar refractivity (Wildman–Crippen MR) is 186 cm³/mol. The van der Waals surface area contributed by atoms with Crippen molar-refractivity contribution in [3.8, 4) is 39.6 Å². The number of carbonyl (C=O) groups excluding carboxylic acids is 1. The van der Waals surface area contributed by atoms with Gasteiger partial charge in [-0.3, -0.25) is 4.79 Å². The van der Waals surface area contributed by atoms with E-state index in [4.69, 9.17) is 0 Å². The third-order valence-electron chi connectivity index (χ3n) is 9.39. The number of aromatic hydroxyl groups is 1. The zero-order valence-electron chi connectivity index (χ0n) is 25.9. The molecule has 0 aliphatic heterocycles. The van der Waals surface area contributed by atoms with Crippen LogP contribution in [0.25, 0.3) is 44.8 Å². The summed E-state index contributed by atoms with van der Waals surface area (Å²) in [6.45, 7) is 4.19. The molecule has 224 valence electrons. The predicted octanol–water partition coefficient (Wildman–Crippen LogP) is 10.2. The van der Waals surface area contributed by atoms with Gasteiger partial charge in [0.2, 0.25) is 0 Å². The Morgan fingerprint density at radius 3 is 1.87 bits per heavy atom. The summed E-state index contributed by atoms with van der Waals surface area (Å²) >= 11 is 0. The lowest BCUT2D eigenvalue weighted by atomic mass is 9.80. The van der Waals surface area contributed by atoms with E-state index in [9.17, 15) is 9.90 Å². The van der Waals surface area contributed by atoms with Gasteiger partial charge in [0.05, 0.1) is 16.9 Å². The summed E-state index contributed by atoms with van der Waals surface area (Å²) in [5, 5.41) is 12.5. The Morgan fingerprint density at radius 1 is 0.652 bits per heavy atom. The number of aryl methyl sites for hydroxylation is 2. The van der Waals surface area contributed by atoms with Crippen molar-refractivity contribution in [3.63, 3.8) is 0 Å². The summed E-state index contributed by atoms with van der Waals surface area (Å²) in [4.78, 5) is 13.8. The van der Waals surface area contributed by atoms with Crippen LogP contribution >= 0.6 is 0 Å². The maximum Gasteiger partial charge on any atom is 0.164 e. The summed E-state index contributed by atoms with van der Waals surface area (Å²) in [5.74, 6) is 0.233. The molecule has 46 heavy (non-hydrogen) atoms. The van der Waals surface area contributed by atoms with Gasteiger partial charge in [-0.25, -0.2) is 0 Å². The summed E-state index contributed by atoms with van der Waals surface area (Å²) in [6.07, 6.45) is 1.07. The second kappa shape index (κ2) is 11.1. The van der Waals surface area contributed by atoms with E-state index in [0.717, 1.165) is 61.6 Å². The molecule has 1 atom stereocenters. The van der Waals surface area contributed by atoms with Crippen molar-refractivity contribution in [1.82, 2.24) is 9.13 Å². The number of phenolic OH excluding ortho intramolecular Hbond substituents is 1. The van der Waals surface area contributed by atoms with Crippen LogP contribution in [-0.2, 0) is 0 Å². The number of ketones is 1. The van der Waals surface area contributed by atoms with Crippen molar-refractivity contribution < 1.29 is 9.90 Å². The number of rotatable bonds is 5. The first kappa shape index (κ1) is 27.9. The average Bonchev–Trinajstić information content (AvgIpc) is 3.66. The lowest BCUT2D eigenvalue weighted by Crippen LogP contribution is -2.19. The number of benzene rings is 5. The van der Waals surface area contributed by atoms with Crippen molar-refractivity contribution in [3.05, 3.63) is 161 Å². The van der Waals surface area contributed by atoms with Crippen LogP contribution in [0.5, 0.6) is 5.75 Å². The number of fused-ring (bicyclic) bond motifs is 2. The molecule has 1 N–H and O–H groups in total. The molecule has 8 rings (SSSR count). The standard InChI is InChI=1S/C42H34N2O2/c1-27-16-20-31(21-17-27)43-35-14-9-15-38(46)40(35)39(41(43)30-12-7-4-8-13-30)33-24-25-37(45)34-26-36(29-10-5-3-6-11-29)44(42(33)34)32-22-18-28(2)19-23-32/h3-23,26,33,46H,24-25H2,1-2H3/t33-/m1/s1. The highest BCUT2D eigenvalue weighted by Crippen LogP contribution is 2.50. The fraction of sp³-hybridized carbons (Fsp3) is 0.119. The maximum absolute atomic E-state index is 13.8. The van der Waals surface area contributed by atoms with Crippen molar-refractivity contribution >= 4 is 16.7 Å². The number of aromatic nitrogens is 2. The highest BCUT2D eigenvalue weighted by Gasteiger charge is 2.37. The summed E-state index contributed by atoms with van der Waals surface area (Å²) < 4.78 is 4.57. The lowest BCUT2D eigenvalue weighted by molar-refractivity contribution is 0.0969. The van der Waals surface area contributed by atoms with Crippen LogP contribution in [0.15, 0.2) is 133 Å². The first-order chi connectivity index (χ1) is 22.5. The van der Waals surface area contributed by atoms with E-state index in [0.29, 0.717) is 12.8 Å². The third-order valence-corrected chi connectivity index (χ3v) is 9.39. The van der Waals surface area contributed by atoms with E-state index in [1.807, 2.05) is 30.3 Å². The van der Waals surface area contributed by atoms with Crippen LogP contribution in [-0.4, -0.2) is 20.0 Å². The van der Waals surface area contributed by atoms with Crippen LogP contribution < -0.4 is 0 Å². The highest BCUT2D eigenvalue weighted by molar-refractivity contribution is 6.03. The Labute approximate surface area is 268 Å². The van der Waals surface area contributed by atoms with Crippen LogP contribution in [0.1, 0.15) is 51.5 Å². The Bertz CT molecular complexity index is 2220. The molecule has 0 bridgehead atoms. The first-order valence-corrected chi connectivity index (χ1v) is 15.9. The van der Waals surface area contributed by atoms with Gasteiger partial charge in [0.25, 0.3) is 0 Å². The largest absolute Gasteiger partial charge is 0.507 e. The molecule has 0 amide bonds. The van der Waals surface area contributed by atoms with E-state index < -0.39 is 0 Å². The minimum absolute atomic E-state index is 0.155.